The molecule has 1 aromatic rings. The molecule has 1 atom stereocenters. The quantitative estimate of drug-likeness (QED) is 0.763. The molecule has 1 saturated heterocycles. The average molecular weight is 366 g/mol. The van der Waals surface area contributed by atoms with Crippen LogP contribution >= 0.6 is 11.6 Å². The Balaban J connectivity index is 1.66. The molecule has 1 unspecified atom stereocenters. The van der Waals surface area contributed by atoms with Crippen molar-refractivity contribution < 1.29 is 19.5 Å². The minimum atomic E-state index is -0.886. The number of urea groups is 1. The molecule has 7 nitrogen and oxygen atoms in total. The summed E-state index contributed by atoms with van der Waals surface area (Å²) in [5, 5.41) is 15.0. The van der Waals surface area contributed by atoms with E-state index in [4.69, 9.17) is 16.7 Å². The monoisotopic (exact) mass is 365 g/mol. The van der Waals surface area contributed by atoms with Gasteiger partial charge in [-0.15, -0.1) is 0 Å². The van der Waals surface area contributed by atoms with Gasteiger partial charge in [0.1, 0.15) is 0 Å². The third-order valence-electron chi connectivity index (χ3n) is 4.43. The first kappa shape index (κ1) is 17.5. The van der Waals surface area contributed by atoms with Gasteiger partial charge in [-0.25, -0.2) is 4.79 Å². The van der Waals surface area contributed by atoms with Gasteiger partial charge < -0.3 is 20.6 Å². The lowest BCUT2D eigenvalue weighted by molar-refractivity contribution is -0.143. The van der Waals surface area contributed by atoms with Crippen LogP contribution in [0.2, 0.25) is 5.02 Å². The maximum atomic E-state index is 12.4. The number of halogens is 1. The van der Waals surface area contributed by atoms with Crippen LogP contribution < -0.4 is 10.6 Å². The second-order valence-electron chi connectivity index (χ2n) is 6.50. The predicted octanol–water partition coefficient (Wildman–Crippen LogP) is 2.56. The fourth-order valence-electron chi connectivity index (χ4n) is 2.83. The van der Waals surface area contributed by atoms with Gasteiger partial charge in [0.25, 0.3) is 5.91 Å². The van der Waals surface area contributed by atoms with E-state index in [1.54, 1.807) is 12.1 Å². The maximum Gasteiger partial charge on any atom is 0.321 e. The van der Waals surface area contributed by atoms with E-state index in [-0.39, 0.29) is 24.5 Å². The SMILES string of the molecule is O=C(NC1CC1)c1cc(NC(=O)N2CCCC(C(=O)O)C2)ccc1Cl. The fourth-order valence-corrected chi connectivity index (χ4v) is 3.04. The van der Waals surface area contributed by atoms with Gasteiger partial charge >= 0.3 is 12.0 Å². The average Bonchev–Trinajstić information content (AvgIpc) is 3.40. The highest BCUT2D eigenvalue weighted by Crippen LogP contribution is 2.24. The van der Waals surface area contributed by atoms with Crippen LogP contribution in [0.25, 0.3) is 0 Å². The number of aliphatic carboxylic acids is 1. The van der Waals surface area contributed by atoms with Crippen LogP contribution in [0.5, 0.6) is 0 Å². The van der Waals surface area contributed by atoms with Crippen LogP contribution in [0.4, 0.5) is 10.5 Å². The van der Waals surface area contributed by atoms with Crippen LogP contribution in [0, 0.1) is 5.92 Å². The summed E-state index contributed by atoms with van der Waals surface area (Å²) in [6.07, 6.45) is 3.17. The zero-order valence-corrected chi connectivity index (χ0v) is 14.4. The number of hydrogen-bond donors (Lipinski definition) is 3. The number of anilines is 1. The second-order valence-corrected chi connectivity index (χ2v) is 6.90. The van der Waals surface area contributed by atoms with Crippen molar-refractivity contribution in [2.45, 2.75) is 31.7 Å². The molecule has 134 valence electrons. The molecule has 1 saturated carbocycles. The first-order chi connectivity index (χ1) is 11.9. The number of nitrogens with one attached hydrogen (secondary N) is 2. The van der Waals surface area contributed by atoms with Gasteiger partial charge in [0.15, 0.2) is 0 Å². The molecule has 1 heterocycles. The number of hydrogen-bond acceptors (Lipinski definition) is 3. The van der Waals surface area contributed by atoms with Crippen LogP contribution in [0.15, 0.2) is 18.2 Å². The number of benzene rings is 1. The van der Waals surface area contributed by atoms with Crippen LogP contribution in [-0.2, 0) is 4.79 Å². The van der Waals surface area contributed by atoms with E-state index < -0.39 is 11.9 Å². The highest BCUT2D eigenvalue weighted by Gasteiger charge is 2.28. The molecule has 1 aromatic carbocycles. The summed E-state index contributed by atoms with van der Waals surface area (Å²) in [6.45, 7) is 0.696. The van der Waals surface area contributed by atoms with Crippen molar-refractivity contribution in [2.24, 2.45) is 5.92 Å². The second kappa shape index (κ2) is 7.31. The van der Waals surface area contributed by atoms with Gasteiger partial charge in [-0.05, 0) is 43.9 Å². The number of nitrogens with zero attached hydrogens (tertiary/aromatic N) is 1. The third-order valence-corrected chi connectivity index (χ3v) is 4.76. The number of carbonyl (C=O) groups is 3. The van der Waals surface area contributed by atoms with Crippen molar-refractivity contribution in [3.63, 3.8) is 0 Å². The molecule has 3 rings (SSSR count). The molecule has 2 fully saturated rings. The standard InChI is InChI=1S/C17H20ClN3O4/c18-14-6-5-12(8-13(14)15(22)19-11-3-4-11)20-17(25)21-7-1-2-10(9-21)16(23)24/h5-6,8,10-11H,1-4,7,9H2,(H,19,22)(H,20,25)(H,23,24). The van der Waals surface area contributed by atoms with E-state index in [1.165, 1.54) is 11.0 Å². The Hall–Kier alpha value is -2.28. The summed E-state index contributed by atoms with van der Waals surface area (Å²) in [5.41, 5.74) is 0.765. The van der Waals surface area contributed by atoms with Gasteiger partial charge in [-0.2, -0.15) is 0 Å². The minimum absolute atomic E-state index is 0.184. The van der Waals surface area contributed by atoms with Crippen LogP contribution in [-0.4, -0.2) is 47.0 Å². The van der Waals surface area contributed by atoms with E-state index in [9.17, 15) is 14.4 Å². The van der Waals surface area contributed by atoms with Crippen molar-refractivity contribution in [3.8, 4) is 0 Å². The molecule has 1 aliphatic heterocycles. The molecule has 2 aliphatic rings. The topological polar surface area (TPSA) is 98.7 Å². The minimum Gasteiger partial charge on any atom is -0.481 e. The van der Waals surface area contributed by atoms with E-state index >= 15 is 0 Å². The van der Waals surface area contributed by atoms with Gasteiger partial charge in [-0.1, -0.05) is 11.6 Å². The van der Waals surface area contributed by atoms with E-state index in [0.717, 1.165) is 12.8 Å². The first-order valence-corrected chi connectivity index (χ1v) is 8.71. The lowest BCUT2D eigenvalue weighted by Crippen LogP contribution is -2.44. The number of amides is 3. The van der Waals surface area contributed by atoms with Crippen LogP contribution in [0.3, 0.4) is 0 Å². The fraction of sp³-hybridized carbons (Fsp3) is 0.471. The Morgan fingerprint density at radius 2 is 1.96 bits per heavy atom. The third kappa shape index (κ3) is 4.42. The predicted molar refractivity (Wildman–Crippen MR) is 92.9 cm³/mol. The zero-order valence-electron chi connectivity index (χ0n) is 13.6. The Morgan fingerprint density at radius 3 is 2.64 bits per heavy atom. The smallest absolute Gasteiger partial charge is 0.321 e. The zero-order chi connectivity index (χ0) is 18.0. The number of rotatable bonds is 4. The summed E-state index contributed by atoms with van der Waals surface area (Å²) < 4.78 is 0. The molecule has 3 amide bonds. The van der Waals surface area contributed by atoms with Gasteiger partial charge in [0, 0.05) is 24.8 Å². The summed E-state index contributed by atoms with van der Waals surface area (Å²) >= 11 is 6.08. The maximum absolute atomic E-state index is 12.4. The molecule has 8 heteroatoms. The number of likely N-dealkylation sites (tertiary alicyclic amines) is 1. The van der Waals surface area contributed by atoms with Crippen molar-refractivity contribution in [1.29, 1.82) is 0 Å². The van der Waals surface area contributed by atoms with E-state index in [2.05, 4.69) is 10.6 Å². The normalized spacial score (nSPS) is 20.0. The molecular formula is C17H20ClN3O4. The number of carbonyl (C=O) groups excluding carboxylic acids is 2. The Morgan fingerprint density at radius 1 is 1.20 bits per heavy atom. The largest absolute Gasteiger partial charge is 0.481 e. The van der Waals surface area contributed by atoms with E-state index in [1.807, 2.05) is 0 Å². The van der Waals surface area contributed by atoms with Crippen molar-refractivity contribution in [3.05, 3.63) is 28.8 Å². The first-order valence-electron chi connectivity index (χ1n) is 8.33. The van der Waals surface area contributed by atoms with Crippen molar-refractivity contribution >= 4 is 35.2 Å². The summed E-state index contributed by atoms with van der Waals surface area (Å²) in [5.74, 6) is -1.68. The molecule has 0 radical (unpaired) electrons. The summed E-state index contributed by atoms with van der Waals surface area (Å²) in [4.78, 5) is 37.2. The molecule has 0 aromatic heterocycles. The van der Waals surface area contributed by atoms with Crippen molar-refractivity contribution in [2.75, 3.05) is 18.4 Å². The van der Waals surface area contributed by atoms with Crippen molar-refractivity contribution in [1.82, 2.24) is 10.2 Å². The molecule has 25 heavy (non-hydrogen) atoms. The summed E-state index contributed by atoms with van der Waals surface area (Å²) in [6, 6.07) is 4.56. The van der Waals surface area contributed by atoms with E-state index in [0.29, 0.717) is 35.7 Å². The Kier molecular flexibility index (Phi) is 5.13. The Labute approximate surface area is 150 Å². The summed E-state index contributed by atoms with van der Waals surface area (Å²) in [7, 11) is 0. The van der Waals surface area contributed by atoms with Gasteiger partial charge in [-0.3, -0.25) is 9.59 Å². The highest BCUT2D eigenvalue weighted by atomic mass is 35.5. The molecule has 0 bridgehead atoms. The lowest BCUT2D eigenvalue weighted by Gasteiger charge is -2.30. The molecule has 3 N–H and O–H groups in total. The van der Waals surface area contributed by atoms with Gasteiger partial charge in [0.05, 0.1) is 16.5 Å². The number of carboxylic acid groups (broad SMARTS) is 1. The van der Waals surface area contributed by atoms with Crippen LogP contribution in [0.1, 0.15) is 36.0 Å². The van der Waals surface area contributed by atoms with Gasteiger partial charge in [0.2, 0.25) is 0 Å². The number of piperidine rings is 1. The molecular weight excluding hydrogens is 346 g/mol. The number of carboxylic acids is 1. The lowest BCUT2D eigenvalue weighted by atomic mass is 9.99. The Bertz CT molecular complexity index is 705. The molecule has 1 aliphatic carbocycles. The highest BCUT2D eigenvalue weighted by molar-refractivity contribution is 6.34. The molecule has 0 spiro atoms.